The first-order valence-electron chi connectivity index (χ1n) is 6.67. The zero-order chi connectivity index (χ0) is 14.4. The predicted octanol–water partition coefficient (Wildman–Crippen LogP) is 3.06. The smallest absolute Gasteiger partial charge is 0.319 e. The van der Waals surface area contributed by atoms with Gasteiger partial charge in [0.05, 0.1) is 0 Å². The first kappa shape index (κ1) is 14.1. The van der Waals surface area contributed by atoms with Gasteiger partial charge in [-0.05, 0) is 43.0 Å². The van der Waals surface area contributed by atoms with Gasteiger partial charge in [0.2, 0.25) is 0 Å². The lowest BCUT2D eigenvalue weighted by Gasteiger charge is -2.12. The zero-order valence-corrected chi connectivity index (χ0v) is 11.8. The second-order valence-electron chi connectivity index (χ2n) is 4.76. The molecule has 0 saturated heterocycles. The number of nitrogens with zero attached hydrogens (tertiary/aromatic N) is 1. The molecule has 0 aliphatic rings. The molecule has 4 nitrogen and oxygen atoms in total. The van der Waals surface area contributed by atoms with Crippen molar-refractivity contribution < 1.29 is 4.79 Å². The number of amides is 2. The van der Waals surface area contributed by atoms with Crippen LogP contribution in [0.25, 0.3) is 0 Å². The number of carbonyl (C=O) groups is 1. The molecule has 1 aromatic carbocycles. The monoisotopic (exact) mass is 269 g/mol. The fourth-order valence-corrected chi connectivity index (χ4v) is 2.04. The Balaban J connectivity index is 1.84. The number of aromatic nitrogens is 1. The van der Waals surface area contributed by atoms with Gasteiger partial charge in [0, 0.05) is 24.6 Å². The molecule has 0 aliphatic carbocycles. The van der Waals surface area contributed by atoms with Crippen molar-refractivity contribution in [1.29, 1.82) is 0 Å². The summed E-state index contributed by atoms with van der Waals surface area (Å²) in [6.45, 7) is 4.55. The molecule has 2 N–H and O–H groups in total. The molecule has 0 saturated carbocycles. The largest absolute Gasteiger partial charge is 0.338 e. The number of pyridine rings is 1. The number of benzene rings is 1. The number of carbonyl (C=O) groups excluding carboxylic acids is 1. The Labute approximate surface area is 119 Å². The molecule has 0 spiro atoms. The van der Waals surface area contributed by atoms with E-state index in [2.05, 4.69) is 15.6 Å². The van der Waals surface area contributed by atoms with Gasteiger partial charge in [-0.25, -0.2) is 4.79 Å². The van der Waals surface area contributed by atoms with Gasteiger partial charge < -0.3 is 10.6 Å². The quantitative estimate of drug-likeness (QED) is 0.896. The summed E-state index contributed by atoms with van der Waals surface area (Å²) in [7, 11) is 0. The molecule has 0 atom stereocenters. The Hall–Kier alpha value is -2.36. The molecule has 104 valence electrons. The minimum atomic E-state index is -0.175. The van der Waals surface area contributed by atoms with Gasteiger partial charge in [0.25, 0.3) is 0 Å². The average Bonchev–Trinajstić information content (AvgIpc) is 2.44. The van der Waals surface area contributed by atoms with Crippen LogP contribution in [-0.2, 0) is 6.42 Å². The van der Waals surface area contributed by atoms with E-state index < -0.39 is 0 Å². The van der Waals surface area contributed by atoms with Crippen LogP contribution in [0, 0.1) is 13.8 Å². The van der Waals surface area contributed by atoms with Gasteiger partial charge in [-0.1, -0.05) is 24.3 Å². The van der Waals surface area contributed by atoms with Crippen molar-refractivity contribution in [3.8, 4) is 0 Å². The van der Waals surface area contributed by atoms with Crippen molar-refractivity contribution in [2.24, 2.45) is 0 Å². The highest BCUT2D eigenvalue weighted by atomic mass is 16.2. The maximum Gasteiger partial charge on any atom is 0.319 e. The minimum Gasteiger partial charge on any atom is -0.338 e. The van der Waals surface area contributed by atoms with Crippen molar-refractivity contribution in [1.82, 2.24) is 10.3 Å². The summed E-state index contributed by atoms with van der Waals surface area (Å²) in [5, 5.41) is 5.76. The SMILES string of the molecule is Cc1cccc(C)c1NC(=O)NCCc1cccnc1. The molecular weight excluding hydrogens is 250 g/mol. The summed E-state index contributed by atoms with van der Waals surface area (Å²) in [5.41, 5.74) is 4.12. The Morgan fingerprint density at radius 3 is 2.55 bits per heavy atom. The van der Waals surface area contributed by atoms with Crippen LogP contribution in [0.1, 0.15) is 16.7 Å². The van der Waals surface area contributed by atoms with Gasteiger partial charge in [-0.15, -0.1) is 0 Å². The lowest BCUT2D eigenvalue weighted by Crippen LogP contribution is -2.31. The third-order valence-electron chi connectivity index (χ3n) is 3.14. The number of hydrogen-bond acceptors (Lipinski definition) is 2. The van der Waals surface area contributed by atoms with Crippen molar-refractivity contribution in [2.75, 3.05) is 11.9 Å². The van der Waals surface area contributed by atoms with Crippen molar-refractivity contribution in [2.45, 2.75) is 20.3 Å². The Morgan fingerprint density at radius 2 is 1.90 bits per heavy atom. The highest BCUT2D eigenvalue weighted by Crippen LogP contribution is 2.18. The highest BCUT2D eigenvalue weighted by Gasteiger charge is 2.06. The van der Waals surface area contributed by atoms with Gasteiger partial charge in [0.15, 0.2) is 0 Å². The molecule has 0 radical (unpaired) electrons. The minimum absolute atomic E-state index is 0.175. The first-order valence-corrected chi connectivity index (χ1v) is 6.67. The molecule has 4 heteroatoms. The molecule has 0 aliphatic heterocycles. The number of anilines is 1. The van der Waals surface area contributed by atoms with Crippen LogP contribution < -0.4 is 10.6 Å². The van der Waals surface area contributed by atoms with Gasteiger partial charge in [0.1, 0.15) is 0 Å². The van der Waals surface area contributed by atoms with E-state index in [4.69, 9.17) is 0 Å². The normalized spacial score (nSPS) is 10.1. The van der Waals surface area contributed by atoms with Gasteiger partial charge in [-0.3, -0.25) is 4.98 Å². The third kappa shape index (κ3) is 3.82. The lowest BCUT2D eigenvalue weighted by molar-refractivity contribution is 0.252. The number of nitrogens with one attached hydrogen (secondary N) is 2. The third-order valence-corrected chi connectivity index (χ3v) is 3.14. The molecule has 1 heterocycles. The molecule has 2 rings (SSSR count). The van der Waals surface area contributed by atoms with E-state index in [-0.39, 0.29) is 6.03 Å². The van der Waals surface area contributed by atoms with Crippen molar-refractivity contribution >= 4 is 11.7 Å². The molecule has 0 unspecified atom stereocenters. The van der Waals surface area contributed by atoms with E-state index in [1.165, 1.54) is 0 Å². The number of rotatable bonds is 4. The fraction of sp³-hybridized carbons (Fsp3) is 0.250. The number of hydrogen-bond donors (Lipinski definition) is 2. The Kier molecular flexibility index (Phi) is 4.71. The van der Waals surface area contributed by atoms with Crippen molar-refractivity contribution in [3.63, 3.8) is 0 Å². The van der Waals surface area contributed by atoms with Crippen LogP contribution in [0.4, 0.5) is 10.5 Å². The van der Waals surface area contributed by atoms with Crippen LogP contribution in [0.3, 0.4) is 0 Å². The molecule has 2 aromatic rings. The van der Waals surface area contributed by atoms with Crippen molar-refractivity contribution in [3.05, 3.63) is 59.4 Å². The van der Waals surface area contributed by atoms with E-state index >= 15 is 0 Å². The number of aryl methyl sites for hydroxylation is 2. The molecule has 2 amide bonds. The predicted molar refractivity (Wildman–Crippen MR) is 80.9 cm³/mol. The second-order valence-corrected chi connectivity index (χ2v) is 4.76. The average molecular weight is 269 g/mol. The molecule has 20 heavy (non-hydrogen) atoms. The molecule has 0 bridgehead atoms. The lowest BCUT2D eigenvalue weighted by atomic mass is 10.1. The van der Waals surface area contributed by atoms with E-state index in [0.29, 0.717) is 6.54 Å². The summed E-state index contributed by atoms with van der Waals surface area (Å²) in [6, 6.07) is 9.67. The molecular formula is C16H19N3O. The van der Waals surface area contributed by atoms with Gasteiger partial charge in [-0.2, -0.15) is 0 Å². The summed E-state index contributed by atoms with van der Waals surface area (Å²) in [6.07, 6.45) is 4.32. The molecule has 0 fully saturated rings. The second kappa shape index (κ2) is 6.70. The van der Waals surface area contributed by atoms with Crippen LogP contribution in [0.5, 0.6) is 0 Å². The Morgan fingerprint density at radius 1 is 1.15 bits per heavy atom. The number of para-hydroxylation sites is 1. The highest BCUT2D eigenvalue weighted by molar-refractivity contribution is 5.90. The van der Waals surface area contributed by atoms with Gasteiger partial charge >= 0.3 is 6.03 Å². The zero-order valence-electron chi connectivity index (χ0n) is 11.8. The topological polar surface area (TPSA) is 54.0 Å². The first-order chi connectivity index (χ1) is 9.66. The number of urea groups is 1. The fourth-order valence-electron chi connectivity index (χ4n) is 2.04. The maximum absolute atomic E-state index is 11.9. The van der Waals surface area contributed by atoms with Crippen LogP contribution in [-0.4, -0.2) is 17.6 Å². The summed E-state index contributed by atoms with van der Waals surface area (Å²) in [5.74, 6) is 0. The maximum atomic E-state index is 11.9. The standard InChI is InChI=1S/C16H19N3O/c1-12-5-3-6-13(2)15(12)19-16(20)18-10-8-14-7-4-9-17-11-14/h3-7,9,11H,8,10H2,1-2H3,(H2,18,19,20). The van der Waals surface area contributed by atoms with E-state index in [1.54, 1.807) is 6.20 Å². The van der Waals surface area contributed by atoms with Crippen LogP contribution in [0.2, 0.25) is 0 Å². The van der Waals surface area contributed by atoms with Crippen LogP contribution in [0.15, 0.2) is 42.7 Å². The molecule has 1 aromatic heterocycles. The summed E-state index contributed by atoms with van der Waals surface area (Å²) < 4.78 is 0. The summed E-state index contributed by atoms with van der Waals surface area (Å²) >= 11 is 0. The van der Waals surface area contributed by atoms with E-state index in [1.807, 2.05) is 50.4 Å². The van der Waals surface area contributed by atoms with E-state index in [9.17, 15) is 4.79 Å². The Bertz CT molecular complexity index is 561. The van der Waals surface area contributed by atoms with Crippen LogP contribution >= 0.6 is 0 Å². The summed E-state index contributed by atoms with van der Waals surface area (Å²) in [4.78, 5) is 15.9. The van der Waals surface area contributed by atoms with E-state index in [0.717, 1.165) is 28.8 Å².